The van der Waals surface area contributed by atoms with Crippen LogP contribution >= 0.6 is 0 Å². The Labute approximate surface area is 103 Å². The van der Waals surface area contributed by atoms with E-state index in [2.05, 4.69) is 5.32 Å². The first-order chi connectivity index (χ1) is 8.47. The van der Waals surface area contributed by atoms with Gasteiger partial charge in [-0.3, -0.25) is 18.7 Å². The lowest BCUT2D eigenvalue weighted by Gasteiger charge is -2.31. The van der Waals surface area contributed by atoms with Gasteiger partial charge in [0, 0.05) is 25.4 Å². The fourth-order valence-electron chi connectivity index (χ4n) is 1.87. The molecule has 2 rings (SSSR count). The number of nitrogens with zero attached hydrogens (tertiary/aromatic N) is 2. The standard InChI is InChI=1S/C11H15N3O4/c1-13-10(17)2-3-14(11(13)18)6-9(16)12-7-4-8(15)5-7/h2-3,7-8,15H,4-6H2,1H3,(H,12,16). The van der Waals surface area contributed by atoms with Crippen molar-refractivity contribution in [3.05, 3.63) is 33.1 Å². The molecule has 1 fully saturated rings. The number of rotatable bonds is 3. The zero-order valence-corrected chi connectivity index (χ0v) is 10.00. The largest absolute Gasteiger partial charge is 0.393 e. The van der Waals surface area contributed by atoms with Crippen LogP contribution in [0.2, 0.25) is 0 Å². The fraction of sp³-hybridized carbons (Fsp3) is 0.545. The molecule has 1 saturated carbocycles. The van der Waals surface area contributed by atoms with E-state index in [-0.39, 0.29) is 24.6 Å². The fourth-order valence-corrected chi connectivity index (χ4v) is 1.87. The second-order valence-electron chi connectivity index (χ2n) is 4.51. The molecule has 0 spiro atoms. The maximum absolute atomic E-state index is 11.7. The zero-order chi connectivity index (χ0) is 13.3. The van der Waals surface area contributed by atoms with E-state index >= 15 is 0 Å². The summed E-state index contributed by atoms with van der Waals surface area (Å²) in [6.45, 7) is -0.125. The summed E-state index contributed by atoms with van der Waals surface area (Å²) in [5.41, 5.74) is -0.926. The minimum Gasteiger partial charge on any atom is -0.393 e. The molecule has 1 aromatic rings. The van der Waals surface area contributed by atoms with Crippen LogP contribution in [0.1, 0.15) is 12.8 Å². The number of aliphatic hydroxyl groups is 1. The van der Waals surface area contributed by atoms with E-state index in [9.17, 15) is 14.4 Å². The molecule has 1 aliphatic carbocycles. The van der Waals surface area contributed by atoms with Crippen molar-refractivity contribution in [1.29, 1.82) is 0 Å². The Hall–Kier alpha value is -1.89. The highest BCUT2D eigenvalue weighted by atomic mass is 16.3. The number of carbonyl (C=O) groups is 1. The van der Waals surface area contributed by atoms with Crippen LogP contribution in [0.4, 0.5) is 0 Å². The molecule has 18 heavy (non-hydrogen) atoms. The third-order valence-corrected chi connectivity index (χ3v) is 3.05. The quantitative estimate of drug-likeness (QED) is 0.663. The second kappa shape index (κ2) is 4.77. The van der Waals surface area contributed by atoms with Gasteiger partial charge in [0.25, 0.3) is 5.56 Å². The molecule has 0 radical (unpaired) electrons. The number of aromatic nitrogens is 2. The number of hydrogen-bond acceptors (Lipinski definition) is 4. The predicted octanol–water partition coefficient (Wildman–Crippen LogP) is -1.81. The van der Waals surface area contributed by atoms with Gasteiger partial charge in [-0.1, -0.05) is 0 Å². The van der Waals surface area contributed by atoms with Crippen LogP contribution in [0.25, 0.3) is 0 Å². The molecule has 1 aliphatic rings. The molecule has 7 nitrogen and oxygen atoms in total. The van der Waals surface area contributed by atoms with Gasteiger partial charge in [-0.05, 0) is 12.8 Å². The Kier molecular flexibility index (Phi) is 3.33. The van der Waals surface area contributed by atoms with Gasteiger partial charge in [-0.2, -0.15) is 0 Å². The second-order valence-corrected chi connectivity index (χ2v) is 4.51. The molecular weight excluding hydrogens is 238 g/mol. The number of carbonyl (C=O) groups excluding carboxylic acids is 1. The first kappa shape index (κ1) is 12.6. The maximum Gasteiger partial charge on any atom is 0.331 e. The van der Waals surface area contributed by atoms with Crippen molar-refractivity contribution in [2.45, 2.75) is 31.5 Å². The molecule has 0 atom stereocenters. The molecule has 0 aliphatic heterocycles. The lowest BCUT2D eigenvalue weighted by atomic mass is 9.89. The molecule has 0 bridgehead atoms. The highest BCUT2D eigenvalue weighted by Gasteiger charge is 2.28. The van der Waals surface area contributed by atoms with E-state index in [1.807, 2.05) is 0 Å². The van der Waals surface area contributed by atoms with Gasteiger partial charge in [0.2, 0.25) is 5.91 Å². The lowest BCUT2D eigenvalue weighted by Crippen LogP contribution is -2.48. The highest BCUT2D eigenvalue weighted by molar-refractivity contribution is 5.76. The van der Waals surface area contributed by atoms with Gasteiger partial charge in [0.15, 0.2) is 0 Å². The van der Waals surface area contributed by atoms with E-state index < -0.39 is 11.2 Å². The third-order valence-electron chi connectivity index (χ3n) is 3.05. The third kappa shape index (κ3) is 2.51. The molecular formula is C11H15N3O4. The van der Waals surface area contributed by atoms with E-state index in [4.69, 9.17) is 5.11 Å². The summed E-state index contributed by atoms with van der Waals surface area (Å²) >= 11 is 0. The van der Waals surface area contributed by atoms with Crippen LogP contribution in [0.3, 0.4) is 0 Å². The number of nitrogens with one attached hydrogen (secondary N) is 1. The van der Waals surface area contributed by atoms with Crippen molar-refractivity contribution < 1.29 is 9.90 Å². The molecule has 1 heterocycles. The van der Waals surface area contributed by atoms with Gasteiger partial charge < -0.3 is 10.4 Å². The summed E-state index contributed by atoms with van der Waals surface area (Å²) in [5, 5.41) is 11.8. The van der Waals surface area contributed by atoms with Crippen molar-refractivity contribution in [2.75, 3.05) is 0 Å². The first-order valence-corrected chi connectivity index (χ1v) is 5.71. The van der Waals surface area contributed by atoms with E-state index in [0.29, 0.717) is 12.8 Å². The van der Waals surface area contributed by atoms with Gasteiger partial charge in [-0.25, -0.2) is 4.79 Å². The smallest absolute Gasteiger partial charge is 0.331 e. The van der Waals surface area contributed by atoms with Gasteiger partial charge >= 0.3 is 5.69 Å². The molecule has 0 saturated heterocycles. The lowest BCUT2D eigenvalue weighted by molar-refractivity contribution is -0.123. The average Bonchev–Trinajstić information content (AvgIpc) is 2.28. The van der Waals surface area contributed by atoms with Gasteiger partial charge in [0.05, 0.1) is 6.10 Å². The summed E-state index contributed by atoms with van der Waals surface area (Å²) in [7, 11) is 1.36. The summed E-state index contributed by atoms with van der Waals surface area (Å²) in [4.78, 5) is 34.5. The molecule has 98 valence electrons. The minimum absolute atomic E-state index is 0.0178. The Morgan fingerprint density at radius 3 is 2.78 bits per heavy atom. The van der Waals surface area contributed by atoms with E-state index in [1.165, 1.54) is 23.9 Å². The molecule has 2 N–H and O–H groups in total. The molecule has 0 aromatic carbocycles. The van der Waals surface area contributed by atoms with Crippen molar-refractivity contribution in [3.8, 4) is 0 Å². The van der Waals surface area contributed by atoms with Crippen molar-refractivity contribution in [3.63, 3.8) is 0 Å². The molecule has 0 unspecified atom stereocenters. The molecule has 7 heteroatoms. The molecule has 1 aromatic heterocycles. The average molecular weight is 253 g/mol. The number of amides is 1. The van der Waals surface area contributed by atoms with Crippen LogP contribution in [0.5, 0.6) is 0 Å². The van der Waals surface area contributed by atoms with E-state index in [0.717, 1.165) is 4.57 Å². The number of aliphatic hydroxyl groups excluding tert-OH is 1. The van der Waals surface area contributed by atoms with Crippen molar-refractivity contribution in [1.82, 2.24) is 14.5 Å². The summed E-state index contributed by atoms with van der Waals surface area (Å²) < 4.78 is 2.12. The Bertz CT molecular complexity index is 568. The van der Waals surface area contributed by atoms with Crippen LogP contribution < -0.4 is 16.6 Å². The van der Waals surface area contributed by atoms with Crippen LogP contribution in [0, 0.1) is 0 Å². The summed E-state index contributed by atoms with van der Waals surface area (Å²) in [5.74, 6) is -0.298. The first-order valence-electron chi connectivity index (χ1n) is 5.71. The highest BCUT2D eigenvalue weighted by Crippen LogP contribution is 2.18. The zero-order valence-electron chi connectivity index (χ0n) is 10.00. The van der Waals surface area contributed by atoms with Crippen LogP contribution in [0.15, 0.2) is 21.9 Å². The summed E-state index contributed by atoms with van der Waals surface area (Å²) in [6, 6.07) is 1.22. The Morgan fingerprint density at radius 2 is 2.17 bits per heavy atom. The Balaban J connectivity index is 2.01. The number of hydrogen-bond donors (Lipinski definition) is 2. The van der Waals surface area contributed by atoms with Crippen LogP contribution in [-0.2, 0) is 18.4 Å². The topological polar surface area (TPSA) is 93.3 Å². The Morgan fingerprint density at radius 1 is 1.50 bits per heavy atom. The van der Waals surface area contributed by atoms with Crippen molar-refractivity contribution >= 4 is 5.91 Å². The predicted molar refractivity (Wildman–Crippen MR) is 63.1 cm³/mol. The normalized spacial score (nSPS) is 22.3. The SMILES string of the molecule is Cn1c(=O)ccn(CC(=O)NC2CC(O)C2)c1=O. The molecule has 1 amide bonds. The maximum atomic E-state index is 11.7. The van der Waals surface area contributed by atoms with Crippen molar-refractivity contribution in [2.24, 2.45) is 7.05 Å². The monoisotopic (exact) mass is 253 g/mol. The summed E-state index contributed by atoms with van der Waals surface area (Å²) in [6.07, 6.45) is 2.07. The van der Waals surface area contributed by atoms with Gasteiger partial charge in [-0.15, -0.1) is 0 Å². The van der Waals surface area contributed by atoms with E-state index in [1.54, 1.807) is 0 Å². The minimum atomic E-state index is -0.522. The van der Waals surface area contributed by atoms with Gasteiger partial charge in [0.1, 0.15) is 6.54 Å². The van der Waals surface area contributed by atoms with Crippen LogP contribution in [-0.4, -0.2) is 32.3 Å².